The highest BCUT2D eigenvalue weighted by Gasteiger charge is 2.31. The van der Waals surface area contributed by atoms with E-state index >= 15 is 4.39 Å². The molecule has 4 aromatic rings. The molecule has 4 N–H and O–H groups in total. The molecule has 0 unspecified atom stereocenters. The number of hydrogen-bond acceptors (Lipinski definition) is 6. The summed E-state index contributed by atoms with van der Waals surface area (Å²) in [6.07, 6.45) is 0.656. The number of alkyl halides is 3. The number of aliphatic imine (C=N–C) groups is 1. The Balaban J connectivity index is 1.72. The van der Waals surface area contributed by atoms with E-state index in [1.807, 2.05) is 4.72 Å². The van der Waals surface area contributed by atoms with Crippen LogP contribution in [0.3, 0.4) is 0 Å². The highest BCUT2D eigenvalue weighted by Crippen LogP contribution is 2.31. The van der Waals surface area contributed by atoms with Gasteiger partial charge in [0.15, 0.2) is 5.82 Å². The number of carbonyl (C=O) groups excluding carboxylic acids is 1. The topological polar surface area (TPSA) is 130 Å². The van der Waals surface area contributed by atoms with Crippen molar-refractivity contribution in [1.82, 2.24) is 9.97 Å². The van der Waals surface area contributed by atoms with Gasteiger partial charge < -0.3 is 10.7 Å². The van der Waals surface area contributed by atoms with Gasteiger partial charge in [0.05, 0.1) is 21.7 Å². The van der Waals surface area contributed by atoms with Crippen molar-refractivity contribution in [2.24, 2.45) is 10.7 Å². The van der Waals surface area contributed by atoms with Gasteiger partial charge in [-0.3, -0.25) is 14.5 Å². The number of sulfonamides is 1. The number of carbonyl (C=O) groups is 1. The Morgan fingerprint density at radius 1 is 1.13 bits per heavy atom. The lowest BCUT2D eigenvalue weighted by atomic mass is 10.00. The van der Waals surface area contributed by atoms with E-state index < -0.39 is 55.3 Å². The molecule has 202 valence electrons. The van der Waals surface area contributed by atoms with Crippen LogP contribution in [0.1, 0.15) is 27.0 Å². The molecule has 2 aromatic carbocycles. The van der Waals surface area contributed by atoms with Crippen LogP contribution < -0.4 is 10.5 Å². The fourth-order valence-corrected chi connectivity index (χ4v) is 4.76. The van der Waals surface area contributed by atoms with Crippen molar-refractivity contribution in [3.63, 3.8) is 0 Å². The van der Waals surface area contributed by atoms with E-state index in [2.05, 4.69) is 15.0 Å². The number of allylic oxidation sites excluding steroid dienone is 1. The zero-order valence-electron chi connectivity index (χ0n) is 19.8. The van der Waals surface area contributed by atoms with Crippen LogP contribution in [-0.2, 0) is 16.2 Å². The SMILES string of the molecule is CN=CC(=CN)c1cnc2[nH]cc(C(=O)c3c(F)ccc(NS(=O)(=O)c4ccc(C(F)(F)F)cc4)c3F)c2c1. The van der Waals surface area contributed by atoms with Crippen molar-refractivity contribution < 1.29 is 35.2 Å². The molecule has 39 heavy (non-hydrogen) atoms. The molecule has 0 atom stereocenters. The summed E-state index contributed by atoms with van der Waals surface area (Å²) in [6, 6.07) is 5.40. The van der Waals surface area contributed by atoms with Crippen molar-refractivity contribution in [3.05, 3.63) is 94.9 Å². The lowest BCUT2D eigenvalue weighted by Gasteiger charge is -2.13. The first kappa shape index (κ1) is 27.4. The first-order chi connectivity index (χ1) is 18.4. The fraction of sp³-hybridized carbons (Fsp3) is 0.0800. The maximum absolute atomic E-state index is 15.4. The maximum Gasteiger partial charge on any atom is 0.416 e. The summed E-state index contributed by atoms with van der Waals surface area (Å²) in [7, 11) is -3.08. The number of nitrogens with two attached hydrogens (primary N) is 1. The highest BCUT2D eigenvalue weighted by atomic mass is 32.2. The summed E-state index contributed by atoms with van der Waals surface area (Å²) in [6.45, 7) is 0. The summed E-state index contributed by atoms with van der Waals surface area (Å²) in [5.41, 5.74) is 3.67. The third-order valence-corrected chi connectivity index (χ3v) is 6.99. The number of aromatic nitrogens is 2. The van der Waals surface area contributed by atoms with Gasteiger partial charge in [0, 0.05) is 53.9 Å². The van der Waals surface area contributed by atoms with Crippen molar-refractivity contribution in [2.75, 3.05) is 11.8 Å². The molecule has 2 heterocycles. The van der Waals surface area contributed by atoms with Gasteiger partial charge in [-0.25, -0.2) is 22.2 Å². The normalized spacial score (nSPS) is 12.8. The number of ketones is 1. The van der Waals surface area contributed by atoms with E-state index in [0.29, 0.717) is 41.5 Å². The molecule has 8 nitrogen and oxygen atoms in total. The van der Waals surface area contributed by atoms with Crippen LogP contribution in [0, 0.1) is 11.6 Å². The van der Waals surface area contributed by atoms with E-state index in [9.17, 15) is 30.8 Å². The Morgan fingerprint density at radius 2 is 1.82 bits per heavy atom. The van der Waals surface area contributed by atoms with Crippen molar-refractivity contribution >= 4 is 44.3 Å². The predicted molar refractivity (Wildman–Crippen MR) is 135 cm³/mol. The van der Waals surface area contributed by atoms with Crippen LogP contribution >= 0.6 is 0 Å². The largest absolute Gasteiger partial charge is 0.416 e. The molecule has 0 aliphatic rings. The van der Waals surface area contributed by atoms with E-state index in [1.54, 1.807) is 0 Å². The third-order valence-electron chi connectivity index (χ3n) is 5.61. The molecule has 0 fully saturated rings. The first-order valence-corrected chi connectivity index (χ1v) is 12.4. The Morgan fingerprint density at radius 3 is 2.44 bits per heavy atom. The van der Waals surface area contributed by atoms with Gasteiger partial charge in [-0.2, -0.15) is 13.2 Å². The second-order valence-corrected chi connectivity index (χ2v) is 9.75. The molecule has 0 bridgehead atoms. The van der Waals surface area contributed by atoms with Gasteiger partial charge in [0.1, 0.15) is 11.5 Å². The number of nitrogens with zero attached hydrogens (tertiary/aromatic N) is 2. The summed E-state index contributed by atoms with van der Waals surface area (Å²) < 4.78 is 95.8. The van der Waals surface area contributed by atoms with Crippen LogP contribution in [0.15, 0.2) is 70.9 Å². The summed E-state index contributed by atoms with van der Waals surface area (Å²) in [4.78, 5) is 23.5. The highest BCUT2D eigenvalue weighted by molar-refractivity contribution is 7.92. The molecule has 0 spiro atoms. The standard InChI is InChI=1S/C25H18F5N5O3S/c1-32-10-14(9-31)13-8-17-18(12-34-24(17)33-11-13)23(36)21-19(26)6-7-20(22(21)27)35-39(37,38)16-4-2-15(3-5-16)25(28,29)30/h2-12,35H,31H2,1H3,(H,33,34). The molecule has 0 aliphatic heterocycles. The van der Waals surface area contributed by atoms with Gasteiger partial charge in [0.2, 0.25) is 5.78 Å². The number of pyridine rings is 1. The van der Waals surface area contributed by atoms with Crippen molar-refractivity contribution in [3.8, 4) is 0 Å². The van der Waals surface area contributed by atoms with Crippen molar-refractivity contribution in [2.45, 2.75) is 11.1 Å². The van der Waals surface area contributed by atoms with Crippen LogP contribution in [-0.4, -0.2) is 37.4 Å². The number of anilines is 1. The quantitative estimate of drug-likeness (QED) is 0.167. The number of nitrogens with one attached hydrogen (secondary N) is 2. The number of halogens is 5. The Labute approximate surface area is 218 Å². The van der Waals surface area contributed by atoms with Crippen LogP contribution in [0.5, 0.6) is 0 Å². The minimum atomic E-state index is -4.70. The minimum absolute atomic E-state index is 0.162. The van der Waals surface area contributed by atoms with Gasteiger partial charge in [-0.15, -0.1) is 0 Å². The molecular formula is C25H18F5N5O3S. The Kier molecular flexibility index (Phi) is 7.24. The average molecular weight is 564 g/mol. The van der Waals surface area contributed by atoms with E-state index in [4.69, 9.17) is 5.73 Å². The maximum atomic E-state index is 15.4. The molecule has 4 rings (SSSR count). The Bertz CT molecular complexity index is 1740. The number of hydrogen-bond donors (Lipinski definition) is 3. The lowest BCUT2D eigenvalue weighted by molar-refractivity contribution is -0.137. The van der Waals surface area contributed by atoms with Crippen molar-refractivity contribution in [1.29, 1.82) is 0 Å². The van der Waals surface area contributed by atoms with Gasteiger partial charge in [0.25, 0.3) is 10.0 Å². The number of aromatic amines is 1. The minimum Gasteiger partial charge on any atom is -0.404 e. The second-order valence-electron chi connectivity index (χ2n) is 8.07. The molecule has 0 saturated carbocycles. The smallest absolute Gasteiger partial charge is 0.404 e. The molecular weight excluding hydrogens is 545 g/mol. The molecule has 0 aliphatic carbocycles. The second kappa shape index (κ2) is 10.3. The van der Waals surface area contributed by atoms with Crippen LogP contribution in [0.2, 0.25) is 0 Å². The monoisotopic (exact) mass is 563 g/mol. The number of fused-ring (bicyclic) bond motifs is 1. The first-order valence-electron chi connectivity index (χ1n) is 10.9. The van der Waals surface area contributed by atoms with Gasteiger partial charge in [-0.1, -0.05) is 0 Å². The van der Waals surface area contributed by atoms with Crippen LogP contribution in [0.25, 0.3) is 16.6 Å². The zero-order valence-corrected chi connectivity index (χ0v) is 20.7. The Hall–Kier alpha value is -4.59. The average Bonchev–Trinajstić information content (AvgIpc) is 3.32. The number of H-pyrrole nitrogens is 1. The molecule has 0 saturated heterocycles. The summed E-state index contributed by atoms with van der Waals surface area (Å²) in [5.74, 6) is -3.91. The van der Waals surface area contributed by atoms with E-state index in [-0.39, 0.29) is 16.6 Å². The number of rotatable bonds is 7. The third kappa shape index (κ3) is 5.36. The number of benzene rings is 2. The molecule has 14 heteroatoms. The van der Waals surface area contributed by atoms with E-state index in [1.165, 1.54) is 37.9 Å². The predicted octanol–water partition coefficient (Wildman–Crippen LogP) is 4.89. The van der Waals surface area contributed by atoms with E-state index in [0.717, 1.165) is 6.07 Å². The summed E-state index contributed by atoms with van der Waals surface area (Å²) in [5, 5.41) is 0.205. The fourth-order valence-electron chi connectivity index (χ4n) is 3.70. The lowest BCUT2D eigenvalue weighted by Crippen LogP contribution is -2.17. The van der Waals surface area contributed by atoms with Gasteiger partial charge in [-0.05, 0) is 42.5 Å². The molecule has 2 aromatic heterocycles. The molecule has 0 amide bonds. The van der Waals surface area contributed by atoms with Crippen LogP contribution in [0.4, 0.5) is 27.6 Å². The summed E-state index contributed by atoms with van der Waals surface area (Å²) >= 11 is 0. The zero-order chi connectivity index (χ0) is 28.5. The van der Waals surface area contributed by atoms with Gasteiger partial charge >= 0.3 is 6.18 Å². The molecule has 0 radical (unpaired) electrons.